The summed E-state index contributed by atoms with van der Waals surface area (Å²) in [7, 11) is 18.5. The first-order chi connectivity index (χ1) is 29.5. The first-order valence-corrected chi connectivity index (χ1v) is 33.8. The summed E-state index contributed by atoms with van der Waals surface area (Å²) in [6, 6.07) is 44.1. The Morgan fingerprint density at radius 2 is 0.823 bits per heavy atom. The van der Waals surface area contributed by atoms with E-state index < -0.39 is 19.5 Å². The predicted molar refractivity (Wildman–Crippen MR) is 270 cm³/mol. The molecule has 6 aromatic rings. The van der Waals surface area contributed by atoms with Crippen LogP contribution in [0.5, 0.6) is 0 Å². The van der Waals surface area contributed by atoms with Gasteiger partial charge in [0.15, 0.2) is 0 Å². The Morgan fingerprint density at radius 1 is 0.468 bits per heavy atom. The third kappa shape index (κ3) is 8.26. The van der Waals surface area contributed by atoms with Crippen LogP contribution in [0.15, 0.2) is 146 Å². The van der Waals surface area contributed by atoms with Gasteiger partial charge < -0.3 is 0 Å². The fourth-order valence-corrected chi connectivity index (χ4v) is 29.9. The molecular formula is C55H52Cl6Zr. The van der Waals surface area contributed by atoms with E-state index in [1.807, 2.05) is 0 Å². The van der Waals surface area contributed by atoms with Gasteiger partial charge in [0.2, 0.25) is 0 Å². The third-order valence-electron chi connectivity index (χ3n) is 12.7. The summed E-state index contributed by atoms with van der Waals surface area (Å²) in [5.74, 6) is 1.22. The summed E-state index contributed by atoms with van der Waals surface area (Å²) in [5.41, 5.74) is 17.1. The van der Waals surface area contributed by atoms with Crippen molar-refractivity contribution in [2.75, 3.05) is 0 Å². The first-order valence-electron chi connectivity index (χ1n) is 21.3. The summed E-state index contributed by atoms with van der Waals surface area (Å²) < 4.78 is 0.254. The molecule has 0 aliphatic heterocycles. The van der Waals surface area contributed by atoms with E-state index in [0.29, 0.717) is 23.5 Å². The normalized spacial score (nSPS) is 14.4. The molecule has 0 atom stereocenters. The molecule has 0 amide bonds. The van der Waals surface area contributed by atoms with Crippen LogP contribution in [0, 0.1) is 0 Å². The van der Waals surface area contributed by atoms with Gasteiger partial charge in [0.25, 0.3) is 0 Å². The van der Waals surface area contributed by atoms with Crippen LogP contribution in [-0.4, -0.2) is 3.21 Å². The summed E-state index contributed by atoms with van der Waals surface area (Å²) in [6.45, 7) is 13.8. The molecule has 8 rings (SSSR count). The number of allylic oxidation sites excluding steroid dienone is 4. The van der Waals surface area contributed by atoms with Gasteiger partial charge in [-0.2, -0.15) is 0 Å². The Labute approximate surface area is 396 Å². The number of alkyl halides is 4. The molecule has 0 fully saturated rings. The van der Waals surface area contributed by atoms with Gasteiger partial charge in [0, 0.05) is 0 Å². The van der Waals surface area contributed by atoms with Crippen LogP contribution in [0.25, 0.3) is 33.4 Å². The molecule has 0 bridgehead atoms. The molecule has 318 valence electrons. The number of halogens is 6. The molecule has 0 nitrogen and oxygen atoms in total. The van der Waals surface area contributed by atoms with Gasteiger partial charge in [0.1, 0.15) is 0 Å². The second kappa shape index (κ2) is 17.6. The van der Waals surface area contributed by atoms with Crippen molar-refractivity contribution < 1.29 is 15.9 Å². The van der Waals surface area contributed by atoms with Crippen molar-refractivity contribution in [1.29, 1.82) is 0 Å². The van der Waals surface area contributed by atoms with Crippen molar-refractivity contribution in [3.05, 3.63) is 201 Å². The van der Waals surface area contributed by atoms with E-state index in [4.69, 9.17) is 46.4 Å². The topological polar surface area (TPSA) is 0 Å². The van der Waals surface area contributed by atoms with Crippen LogP contribution in [0.4, 0.5) is 0 Å². The summed E-state index contributed by atoms with van der Waals surface area (Å²) in [5, 5.41) is 0. The van der Waals surface area contributed by atoms with Crippen molar-refractivity contribution in [3.63, 3.8) is 0 Å². The molecule has 2 aliphatic carbocycles. The van der Waals surface area contributed by atoms with Crippen molar-refractivity contribution in [2.45, 2.75) is 83.1 Å². The molecule has 0 aromatic heterocycles. The molecule has 62 heavy (non-hydrogen) atoms. The van der Waals surface area contributed by atoms with Gasteiger partial charge in [-0.1, -0.05) is 0 Å². The Morgan fingerprint density at radius 3 is 1.15 bits per heavy atom. The molecule has 2 aliphatic rings. The maximum absolute atomic E-state index is 9.24. The van der Waals surface area contributed by atoms with E-state index in [1.54, 1.807) is 0 Å². The van der Waals surface area contributed by atoms with Crippen molar-refractivity contribution in [2.24, 2.45) is 0 Å². The molecular weight excluding hydrogens is 965 g/mol. The standard InChI is InChI=1S/C33H33.C17H14Cl4.C5H5.2ClH.Zr/c1-32(2,3)30-20-26-24(18-28(30)22-13-9-7-10-14-22)17-25-19-29(23-15-11-8-12-16-23)31(21-27(25)26)33(4,5)6;18-8-14-2-12(3-15(6-14)9-19)1-13-4-16(10-20)7-17(5-13)11-21;1-2-4-5-3-1;;;/h7-21H,1-6H3;2-7H,8-11H2;1-5H;2*1H;/q;;;;;+2/p-2. The van der Waals surface area contributed by atoms with Gasteiger partial charge in [-0.3, -0.25) is 0 Å². The summed E-state index contributed by atoms with van der Waals surface area (Å²) in [6.07, 6.45) is 8.67. The Balaban J connectivity index is 1.65. The Bertz CT molecular complexity index is 2590. The average molecular weight is 1020 g/mol. The first kappa shape index (κ1) is 45.8. The monoisotopic (exact) mass is 1010 g/mol. The fraction of sp³-hybridized carbons (Fsp3) is 0.255. The number of rotatable bonds is 10. The average Bonchev–Trinajstić information content (AvgIpc) is 3.93. The molecule has 0 radical (unpaired) electrons. The van der Waals surface area contributed by atoms with Crippen LogP contribution in [-0.2, 0) is 50.3 Å². The number of hydrogen-bond donors (Lipinski definition) is 0. The Kier molecular flexibility index (Phi) is 13.0. The van der Waals surface area contributed by atoms with Crippen molar-refractivity contribution >= 4 is 66.6 Å². The van der Waals surface area contributed by atoms with E-state index in [-0.39, 0.29) is 14.5 Å². The van der Waals surface area contributed by atoms with E-state index >= 15 is 0 Å². The SMILES string of the molecule is CC(C)(C)c1cc2c(cc1-c1ccccc1)[CH]([Zr]([Cl])([Cl])(=[C](c1cc(CCl)cc(CCl)c1)c1cc(CCl)cc(CCl)c1)[CH]1C=CC=C1)c1cc(-c3ccccc3)c(C(C)(C)C)cc1-2. The number of benzene rings is 6. The second-order valence-electron chi connectivity index (χ2n) is 19.1. The molecule has 7 heteroatoms. The molecule has 0 heterocycles. The van der Waals surface area contributed by atoms with Gasteiger partial charge in [-0.15, -0.1) is 0 Å². The fourth-order valence-electron chi connectivity index (χ4n) is 10.00. The predicted octanol–water partition coefficient (Wildman–Crippen LogP) is 17.8. The Hall–Kier alpha value is -2.71. The van der Waals surface area contributed by atoms with Crippen LogP contribution >= 0.6 is 63.4 Å². The van der Waals surface area contributed by atoms with E-state index in [0.717, 1.165) is 58.8 Å². The third-order valence-corrected chi connectivity index (χ3v) is 33.6. The molecule has 0 spiro atoms. The van der Waals surface area contributed by atoms with E-state index in [9.17, 15) is 17.0 Å². The van der Waals surface area contributed by atoms with Gasteiger partial charge in [-0.05, 0) is 0 Å². The summed E-state index contributed by atoms with van der Waals surface area (Å²) >= 11 is 20.8. The minimum atomic E-state index is -5.98. The summed E-state index contributed by atoms with van der Waals surface area (Å²) in [4.78, 5) is 0. The van der Waals surface area contributed by atoms with Crippen LogP contribution in [0.3, 0.4) is 0 Å². The van der Waals surface area contributed by atoms with Crippen LogP contribution in [0.1, 0.15) is 101 Å². The van der Waals surface area contributed by atoms with Gasteiger partial charge in [-0.25, -0.2) is 0 Å². The molecule has 6 aromatic carbocycles. The zero-order valence-corrected chi connectivity index (χ0v) is 43.1. The zero-order valence-electron chi connectivity index (χ0n) is 36.1. The molecule has 0 saturated heterocycles. The van der Waals surface area contributed by atoms with E-state index in [1.165, 1.54) is 33.4 Å². The van der Waals surface area contributed by atoms with Crippen molar-refractivity contribution in [1.82, 2.24) is 0 Å². The number of fused-ring (bicyclic) bond motifs is 3. The maximum atomic E-state index is 9.24. The van der Waals surface area contributed by atoms with Gasteiger partial charge >= 0.3 is 400 Å². The van der Waals surface area contributed by atoms with Crippen molar-refractivity contribution in [3.8, 4) is 33.4 Å². The zero-order chi connectivity index (χ0) is 44.2. The molecule has 0 N–H and O–H groups in total. The van der Waals surface area contributed by atoms with Gasteiger partial charge in [0.05, 0.1) is 0 Å². The molecule has 0 saturated carbocycles. The second-order valence-corrected chi connectivity index (χ2v) is 40.9. The minimum absolute atomic E-state index is 0.177. The number of hydrogen-bond acceptors (Lipinski definition) is 0. The molecule has 0 unspecified atom stereocenters. The quantitative estimate of drug-likeness (QED) is 0.120. The van der Waals surface area contributed by atoms with Crippen LogP contribution in [0.2, 0.25) is 3.63 Å². The van der Waals surface area contributed by atoms with E-state index in [2.05, 4.69) is 187 Å². The van der Waals surface area contributed by atoms with Crippen LogP contribution < -0.4 is 0 Å².